The van der Waals surface area contributed by atoms with Gasteiger partial charge in [0.2, 0.25) is 0 Å². The van der Waals surface area contributed by atoms with E-state index < -0.39 is 21.5 Å². The molecule has 0 rings (SSSR count). The van der Waals surface area contributed by atoms with Crippen molar-refractivity contribution < 1.29 is 47.6 Å². The monoisotopic (exact) mass is 428 g/mol. The fourth-order valence-electron chi connectivity index (χ4n) is 3.63. The van der Waals surface area contributed by atoms with Crippen molar-refractivity contribution in [1.82, 2.24) is 0 Å². The minimum absolute atomic E-state index is 0. The van der Waals surface area contributed by atoms with Gasteiger partial charge in [-0.2, -0.15) is 0 Å². The molecule has 0 aromatic rings. The van der Waals surface area contributed by atoms with Crippen LogP contribution in [0.3, 0.4) is 0 Å². The van der Waals surface area contributed by atoms with Crippen LogP contribution >= 0.6 is 0 Å². The van der Waals surface area contributed by atoms with Gasteiger partial charge in [-0.05, 0) is 19.3 Å². The summed E-state index contributed by atoms with van der Waals surface area (Å²) in [6.07, 6.45) is 18.6. The predicted octanol–water partition coefficient (Wildman–Crippen LogP) is 3.33. The molecule has 0 aliphatic carbocycles. The first-order chi connectivity index (χ1) is 12.9. The second kappa shape index (κ2) is 21.1. The Bertz CT molecular complexity index is 415. The van der Waals surface area contributed by atoms with Gasteiger partial charge in [0.15, 0.2) is 0 Å². The number of rotatable bonds is 20. The second-order valence-electron chi connectivity index (χ2n) is 8.18. The zero-order chi connectivity index (χ0) is 20.4. The third-order valence-electron chi connectivity index (χ3n) is 5.46. The molecule has 1 N–H and O–H groups in total. The van der Waals surface area contributed by atoms with E-state index in [1.807, 2.05) is 6.92 Å². The van der Waals surface area contributed by atoms with Crippen LogP contribution in [0, 0.1) is 0 Å². The molecule has 0 aliphatic rings. The van der Waals surface area contributed by atoms with Crippen LogP contribution in [0.4, 0.5) is 0 Å². The first kappa shape index (κ1) is 31.1. The minimum Gasteiger partial charge on any atom is -0.748 e. The Balaban J connectivity index is 0. The van der Waals surface area contributed by atoms with Crippen LogP contribution in [0.2, 0.25) is 0 Å². The molecule has 0 fully saturated rings. The van der Waals surface area contributed by atoms with Crippen LogP contribution in [0.1, 0.15) is 129 Å². The molecule has 6 heteroatoms. The molecule has 2 atom stereocenters. The second-order valence-corrected chi connectivity index (χ2v) is 9.83. The standard InChI is InChI=1S/C22H46O4S.Na/c1-3-5-7-8-9-10-11-12-13-14-15-16-17-18-21(23)20-22(19-6-4-2)27(24,25)26;/h21-23H,3-20H2,1-2H3,(H,24,25,26);/q;+1/p-1. The van der Waals surface area contributed by atoms with E-state index in [1.54, 1.807) is 0 Å². The molecule has 0 radical (unpaired) electrons. The van der Waals surface area contributed by atoms with E-state index in [0.29, 0.717) is 12.8 Å². The molecule has 0 spiro atoms. The molecule has 0 aromatic heterocycles. The summed E-state index contributed by atoms with van der Waals surface area (Å²) in [7, 11) is -4.30. The first-order valence-electron chi connectivity index (χ1n) is 11.5. The Morgan fingerprint density at radius 2 is 1.07 bits per heavy atom. The molecule has 28 heavy (non-hydrogen) atoms. The van der Waals surface area contributed by atoms with E-state index in [1.165, 1.54) is 70.6 Å². The Morgan fingerprint density at radius 3 is 1.46 bits per heavy atom. The summed E-state index contributed by atoms with van der Waals surface area (Å²) < 4.78 is 33.9. The van der Waals surface area contributed by atoms with Crippen molar-refractivity contribution in [3.8, 4) is 0 Å². The summed E-state index contributed by atoms with van der Waals surface area (Å²) in [5, 5.41) is 9.13. The van der Waals surface area contributed by atoms with Crippen molar-refractivity contribution in [2.45, 2.75) is 141 Å². The zero-order valence-electron chi connectivity index (χ0n) is 19.0. The van der Waals surface area contributed by atoms with Crippen molar-refractivity contribution >= 4 is 10.1 Å². The average molecular weight is 429 g/mol. The summed E-state index contributed by atoms with van der Waals surface area (Å²) in [6.45, 7) is 4.22. The molecule has 0 bridgehead atoms. The summed E-state index contributed by atoms with van der Waals surface area (Å²) in [5.41, 5.74) is 0. The van der Waals surface area contributed by atoms with Crippen molar-refractivity contribution in [2.75, 3.05) is 0 Å². The minimum atomic E-state index is -4.30. The van der Waals surface area contributed by atoms with Crippen LogP contribution in [-0.4, -0.2) is 29.4 Å². The van der Waals surface area contributed by atoms with Crippen LogP contribution in [0.25, 0.3) is 0 Å². The molecular formula is C22H45NaO4S. The van der Waals surface area contributed by atoms with E-state index in [2.05, 4.69) is 6.92 Å². The van der Waals surface area contributed by atoms with Crippen LogP contribution in [-0.2, 0) is 10.1 Å². The van der Waals surface area contributed by atoms with E-state index >= 15 is 0 Å². The Kier molecular flexibility index (Phi) is 23.4. The van der Waals surface area contributed by atoms with Crippen LogP contribution in [0.5, 0.6) is 0 Å². The van der Waals surface area contributed by atoms with Gasteiger partial charge >= 0.3 is 29.6 Å². The van der Waals surface area contributed by atoms with Crippen LogP contribution in [0.15, 0.2) is 0 Å². The predicted molar refractivity (Wildman–Crippen MR) is 114 cm³/mol. The molecule has 0 amide bonds. The first-order valence-corrected chi connectivity index (χ1v) is 13.0. The molecule has 0 heterocycles. The smallest absolute Gasteiger partial charge is 0.748 e. The van der Waals surface area contributed by atoms with Gasteiger partial charge < -0.3 is 9.66 Å². The molecular weight excluding hydrogens is 383 g/mol. The van der Waals surface area contributed by atoms with Gasteiger partial charge in [0.1, 0.15) is 0 Å². The summed E-state index contributed by atoms with van der Waals surface area (Å²) >= 11 is 0. The van der Waals surface area contributed by atoms with Gasteiger partial charge in [-0.25, -0.2) is 8.42 Å². The van der Waals surface area contributed by atoms with E-state index in [4.69, 9.17) is 0 Å². The quantitative estimate of drug-likeness (QED) is 0.183. The fourth-order valence-corrected chi connectivity index (χ4v) is 4.54. The molecule has 2 unspecified atom stereocenters. The maximum Gasteiger partial charge on any atom is 1.00 e. The maximum atomic E-state index is 11.3. The SMILES string of the molecule is CCCCCCCCCCCCCCCC(O)CC(CCCC)S(=O)(=O)[O-].[Na+]. The Hall–Kier alpha value is 0.870. The number of hydrogen-bond acceptors (Lipinski definition) is 4. The third-order valence-corrected chi connectivity index (χ3v) is 6.71. The molecule has 0 aliphatic heterocycles. The van der Waals surface area contributed by atoms with E-state index in [-0.39, 0.29) is 36.0 Å². The van der Waals surface area contributed by atoms with Crippen molar-refractivity contribution in [2.24, 2.45) is 0 Å². The fraction of sp³-hybridized carbons (Fsp3) is 1.00. The number of aliphatic hydroxyl groups excluding tert-OH is 1. The van der Waals surface area contributed by atoms with Gasteiger partial charge in [0.05, 0.1) is 21.5 Å². The Morgan fingerprint density at radius 1 is 0.679 bits per heavy atom. The van der Waals surface area contributed by atoms with Gasteiger partial charge in [0, 0.05) is 0 Å². The Labute approximate surface area is 197 Å². The molecule has 0 saturated heterocycles. The number of aliphatic hydroxyl groups is 1. The molecule has 4 nitrogen and oxygen atoms in total. The topological polar surface area (TPSA) is 77.4 Å². The van der Waals surface area contributed by atoms with Gasteiger partial charge in [-0.1, -0.05) is 110 Å². The zero-order valence-corrected chi connectivity index (χ0v) is 21.8. The van der Waals surface area contributed by atoms with E-state index in [0.717, 1.165) is 25.7 Å². The van der Waals surface area contributed by atoms with Crippen molar-refractivity contribution in [1.29, 1.82) is 0 Å². The number of unbranched alkanes of at least 4 members (excludes halogenated alkanes) is 13. The maximum absolute atomic E-state index is 11.3. The summed E-state index contributed by atoms with van der Waals surface area (Å²) in [5.74, 6) is 0. The van der Waals surface area contributed by atoms with Gasteiger partial charge in [0.25, 0.3) is 0 Å². The molecule has 0 aromatic carbocycles. The normalized spacial score (nSPS) is 13.9. The van der Waals surface area contributed by atoms with Gasteiger partial charge in [-0.3, -0.25) is 0 Å². The van der Waals surface area contributed by atoms with E-state index in [9.17, 15) is 18.1 Å². The third kappa shape index (κ3) is 20.2. The van der Waals surface area contributed by atoms with Crippen molar-refractivity contribution in [3.05, 3.63) is 0 Å². The summed E-state index contributed by atoms with van der Waals surface area (Å²) in [4.78, 5) is 0. The average Bonchev–Trinajstić information content (AvgIpc) is 2.61. The van der Waals surface area contributed by atoms with Gasteiger partial charge in [-0.15, -0.1) is 0 Å². The number of hydrogen-bond donors (Lipinski definition) is 1. The van der Waals surface area contributed by atoms with Crippen LogP contribution < -0.4 is 29.6 Å². The molecule has 164 valence electrons. The van der Waals surface area contributed by atoms with Crippen molar-refractivity contribution in [3.63, 3.8) is 0 Å². The molecule has 0 saturated carbocycles. The largest absolute Gasteiger partial charge is 1.00 e. The summed E-state index contributed by atoms with van der Waals surface area (Å²) in [6, 6.07) is 0.